The highest BCUT2D eigenvalue weighted by Gasteiger charge is 2.39. The Kier molecular flexibility index (Phi) is 2.99. The van der Waals surface area contributed by atoms with E-state index in [1.165, 1.54) is 0 Å². The lowest BCUT2D eigenvalue weighted by molar-refractivity contribution is -0.120. The number of hydrogen-bond donors (Lipinski definition) is 1. The number of alkyl halides is 2. The van der Waals surface area contributed by atoms with Crippen molar-refractivity contribution >= 4 is 0 Å². The van der Waals surface area contributed by atoms with Gasteiger partial charge in [0.2, 0.25) is 0 Å². The molecule has 0 aromatic heterocycles. The molecule has 2 saturated heterocycles. The number of halogens is 2. The van der Waals surface area contributed by atoms with Crippen LogP contribution in [0.4, 0.5) is 8.78 Å². The molecule has 2 aliphatic heterocycles. The quantitative estimate of drug-likeness (QED) is 0.689. The summed E-state index contributed by atoms with van der Waals surface area (Å²) in [6.07, 6.45) is -1.63. The van der Waals surface area contributed by atoms with Crippen LogP contribution in [0, 0.1) is 0 Å². The van der Waals surface area contributed by atoms with Gasteiger partial charge < -0.3 is 14.8 Å². The molecule has 0 aromatic carbocycles. The van der Waals surface area contributed by atoms with Crippen LogP contribution < -0.4 is 5.32 Å². The second kappa shape index (κ2) is 4.08. The third-order valence-corrected chi connectivity index (χ3v) is 2.98. The van der Waals surface area contributed by atoms with Crippen molar-refractivity contribution in [3.05, 3.63) is 0 Å². The first kappa shape index (κ1) is 10.3. The summed E-state index contributed by atoms with van der Waals surface area (Å²) >= 11 is 0. The first-order chi connectivity index (χ1) is 6.72. The lowest BCUT2D eigenvalue weighted by Crippen LogP contribution is -2.60. The van der Waals surface area contributed by atoms with Crippen molar-refractivity contribution in [3.63, 3.8) is 0 Å². The lowest BCUT2D eigenvalue weighted by atomic mass is 9.89. The maximum Gasteiger partial charge on any atom is 0.265 e. The van der Waals surface area contributed by atoms with Gasteiger partial charge in [-0.3, -0.25) is 0 Å². The molecule has 0 aromatic rings. The van der Waals surface area contributed by atoms with Gasteiger partial charge in [0.1, 0.15) is 6.10 Å². The molecule has 1 atom stereocenters. The SMILES string of the molecule is FC(F)C1CNC2(CCOCC2)CO1. The summed E-state index contributed by atoms with van der Waals surface area (Å²) in [5, 5.41) is 3.18. The molecule has 2 rings (SSSR count). The van der Waals surface area contributed by atoms with Crippen molar-refractivity contribution in [2.75, 3.05) is 26.4 Å². The zero-order valence-electron chi connectivity index (χ0n) is 7.97. The third kappa shape index (κ3) is 2.04. The summed E-state index contributed by atoms with van der Waals surface area (Å²) in [6.45, 7) is 2.01. The van der Waals surface area contributed by atoms with Gasteiger partial charge >= 0.3 is 0 Å². The van der Waals surface area contributed by atoms with Crippen LogP contribution in [0.2, 0.25) is 0 Å². The van der Waals surface area contributed by atoms with E-state index in [9.17, 15) is 8.78 Å². The van der Waals surface area contributed by atoms with Crippen LogP contribution in [0.5, 0.6) is 0 Å². The van der Waals surface area contributed by atoms with Crippen molar-refractivity contribution in [1.29, 1.82) is 0 Å². The molecule has 5 heteroatoms. The van der Waals surface area contributed by atoms with Crippen LogP contribution in [-0.4, -0.2) is 44.4 Å². The molecule has 0 bridgehead atoms. The first-order valence-corrected chi connectivity index (χ1v) is 4.94. The van der Waals surface area contributed by atoms with Crippen LogP contribution in [0.15, 0.2) is 0 Å². The van der Waals surface area contributed by atoms with Gasteiger partial charge in [-0.1, -0.05) is 0 Å². The van der Waals surface area contributed by atoms with Gasteiger partial charge in [0.25, 0.3) is 6.43 Å². The fourth-order valence-electron chi connectivity index (χ4n) is 1.94. The van der Waals surface area contributed by atoms with Crippen LogP contribution in [0.1, 0.15) is 12.8 Å². The second-order valence-corrected chi connectivity index (χ2v) is 3.96. The summed E-state index contributed by atoms with van der Waals surface area (Å²) in [5.41, 5.74) is -0.107. The van der Waals surface area contributed by atoms with E-state index in [-0.39, 0.29) is 12.1 Å². The molecule has 1 spiro atoms. The van der Waals surface area contributed by atoms with Crippen molar-refractivity contribution in [3.8, 4) is 0 Å². The zero-order valence-corrected chi connectivity index (χ0v) is 7.97. The molecule has 2 heterocycles. The Morgan fingerprint density at radius 1 is 1.29 bits per heavy atom. The predicted octanol–water partition coefficient (Wildman–Crippen LogP) is 0.789. The highest BCUT2D eigenvalue weighted by Crippen LogP contribution is 2.25. The maximum absolute atomic E-state index is 12.3. The molecule has 82 valence electrons. The average Bonchev–Trinajstić information content (AvgIpc) is 2.19. The van der Waals surface area contributed by atoms with E-state index >= 15 is 0 Å². The summed E-state index contributed by atoms with van der Waals surface area (Å²) in [7, 11) is 0. The minimum absolute atomic E-state index is 0.107. The molecule has 14 heavy (non-hydrogen) atoms. The minimum Gasteiger partial charge on any atom is -0.381 e. The van der Waals surface area contributed by atoms with Gasteiger partial charge in [-0.2, -0.15) is 0 Å². The summed E-state index contributed by atoms with van der Waals surface area (Å²) < 4.78 is 35.0. The third-order valence-electron chi connectivity index (χ3n) is 2.98. The van der Waals surface area contributed by atoms with E-state index in [0.29, 0.717) is 19.8 Å². The Morgan fingerprint density at radius 3 is 2.50 bits per heavy atom. The summed E-state index contributed by atoms with van der Waals surface area (Å²) in [5.74, 6) is 0. The molecule has 0 saturated carbocycles. The fourth-order valence-corrected chi connectivity index (χ4v) is 1.94. The van der Waals surface area contributed by atoms with Crippen LogP contribution in [0.3, 0.4) is 0 Å². The molecule has 0 aliphatic carbocycles. The first-order valence-electron chi connectivity index (χ1n) is 4.94. The molecule has 1 N–H and O–H groups in total. The predicted molar refractivity (Wildman–Crippen MR) is 46.5 cm³/mol. The largest absolute Gasteiger partial charge is 0.381 e. The van der Waals surface area contributed by atoms with Gasteiger partial charge in [-0.15, -0.1) is 0 Å². The molecular weight excluding hydrogens is 192 g/mol. The van der Waals surface area contributed by atoms with Crippen LogP contribution in [-0.2, 0) is 9.47 Å². The number of hydrogen-bond acceptors (Lipinski definition) is 3. The Morgan fingerprint density at radius 2 is 2.00 bits per heavy atom. The normalized spacial score (nSPS) is 32.4. The van der Waals surface area contributed by atoms with Crippen molar-refractivity contribution < 1.29 is 18.3 Å². The van der Waals surface area contributed by atoms with E-state index in [1.54, 1.807) is 0 Å². The Hall–Kier alpha value is -0.260. The van der Waals surface area contributed by atoms with Crippen molar-refractivity contribution in [2.45, 2.75) is 30.9 Å². The number of nitrogens with one attached hydrogen (secondary N) is 1. The molecule has 0 amide bonds. The van der Waals surface area contributed by atoms with Gasteiger partial charge in [-0.05, 0) is 12.8 Å². The molecule has 3 nitrogen and oxygen atoms in total. The standard InChI is InChI=1S/C9H15F2NO2/c10-8(11)7-5-12-9(6-14-7)1-3-13-4-2-9/h7-8,12H,1-6H2. The molecule has 2 fully saturated rings. The Balaban J connectivity index is 1.87. The highest BCUT2D eigenvalue weighted by atomic mass is 19.3. The van der Waals surface area contributed by atoms with Gasteiger partial charge in [0.15, 0.2) is 0 Å². The second-order valence-electron chi connectivity index (χ2n) is 3.96. The zero-order chi connectivity index (χ0) is 10.0. The number of morpholine rings is 1. The molecule has 0 radical (unpaired) electrons. The van der Waals surface area contributed by atoms with E-state index in [2.05, 4.69) is 5.32 Å². The smallest absolute Gasteiger partial charge is 0.265 e. The van der Waals surface area contributed by atoms with Crippen molar-refractivity contribution in [1.82, 2.24) is 5.32 Å². The van der Waals surface area contributed by atoms with Crippen molar-refractivity contribution in [2.24, 2.45) is 0 Å². The minimum atomic E-state index is -2.39. The monoisotopic (exact) mass is 207 g/mol. The topological polar surface area (TPSA) is 30.5 Å². The highest BCUT2D eigenvalue weighted by molar-refractivity contribution is 4.94. The lowest BCUT2D eigenvalue weighted by Gasteiger charge is -2.43. The average molecular weight is 207 g/mol. The Labute approximate surface area is 81.8 Å². The molecule has 2 aliphatic rings. The summed E-state index contributed by atoms with van der Waals surface area (Å²) in [6, 6.07) is 0. The van der Waals surface area contributed by atoms with Gasteiger partial charge in [-0.25, -0.2) is 8.78 Å². The molecular formula is C9H15F2NO2. The van der Waals surface area contributed by atoms with Crippen LogP contribution in [0.25, 0.3) is 0 Å². The van der Waals surface area contributed by atoms with Gasteiger partial charge in [0, 0.05) is 25.3 Å². The van der Waals surface area contributed by atoms with E-state index < -0.39 is 12.5 Å². The van der Waals surface area contributed by atoms with Crippen LogP contribution >= 0.6 is 0 Å². The molecule has 1 unspecified atom stereocenters. The van der Waals surface area contributed by atoms with E-state index in [4.69, 9.17) is 9.47 Å². The Bertz CT molecular complexity index is 185. The fraction of sp³-hybridized carbons (Fsp3) is 1.00. The summed E-state index contributed by atoms with van der Waals surface area (Å²) in [4.78, 5) is 0. The maximum atomic E-state index is 12.3. The van der Waals surface area contributed by atoms with E-state index in [1.807, 2.05) is 0 Å². The van der Waals surface area contributed by atoms with Gasteiger partial charge in [0.05, 0.1) is 6.61 Å². The number of rotatable bonds is 1. The number of ether oxygens (including phenoxy) is 2. The van der Waals surface area contributed by atoms with E-state index in [0.717, 1.165) is 12.8 Å².